The van der Waals surface area contributed by atoms with Crippen LogP contribution in [0.2, 0.25) is 5.02 Å². The molecule has 2 rings (SSSR count). The molecule has 0 unspecified atom stereocenters. The molecule has 19 heavy (non-hydrogen) atoms. The third kappa shape index (κ3) is 3.83. The standard InChI is InChI=1S/C13H14ClN3OS/c1-2-15-8-9-4-3-5-10(14)12(9)19-13-16-7-6-11(18)17-13/h3-7,15H,2,8H2,1H3,(H,16,17,18). The van der Waals surface area contributed by atoms with E-state index in [0.29, 0.717) is 10.2 Å². The van der Waals surface area contributed by atoms with Crippen LogP contribution in [-0.2, 0) is 6.54 Å². The van der Waals surface area contributed by atoms with Crippen molar-refractivity contribution in [1.29, 1.82) is 0 Å². The summed E-state index contributed by atoms with van der Waals surface area (Å²) in [6, 6.07) is 7.15. The van der Waals surface area contributed by atoms with Gasteiger partial charge in [0.15, 0.2) is 5.16 Å². The largest absolute Gasteiger partial charge is 0.313 e. The number of halogens is 1. The van der Waals surface area contributed by atoms with E-state index in [4.69, 9.17) is 11.6 Å². The molecule has 0 atom stereocenters. The molecule has 100 valence electrons. The van der Waals surface area contributed by atoms with Crippen molar-refractivity contribution < 1.29 is 0 Å². The van der Waals surface area contributed by atoms with E-state index in [2.05, 4.69) is 15.3 Å². The first-order valence-electron chi connectivity index (χ1n) is 5.92. The Morgan fingerprint density at radius 1 is 1.42 bits per heavy atom. The molecule has 0 aliphatic rings. The molecule has 0 fully saturated rings. The molecule has 0 saturated heterocycles. The highest BCUT2D eigenvalue weighted by molar-refractivity contribution is 7.99. The van der Waals surface area contributed by atoms with Crippen LogP contribution in [-0.4, -0.2) is 16.5 Å². The van der Waals surface area contributed by atoms with Gasteiger partial charge in [-0.05, 0) is 29.9 Å². The van der Waals surface area contributed by atoms with Crippen LogP contribution in [0.5, 0.6) is 0 Å². The highest BCUT2D eigenvalue weighted by Crippen LogP contribution is 2.33. The lowest BCUT2D eigenvalue weighted by Crippen LogP contribution is -2.12. The fourth-order valence-corrected chi connectivity index (χ4v) is 2.77. The molecule has 4 nitrogen and oxygen atoms in total. The summed E-state index contributed by atoms with van der Waals surface area (Å²) in [5.74, 6) is 0. The van der Waals surface area contributed by atoms with Gasteiger partial charge >= 0.3 is 0 Å². The zero-order valence-corrected chi connectivity index (χ0v) is 12.0. The quantitative estimate of drug-likeness (QED) is 0.833. The van der Waals surface area contributed by atoms with E-state index in [0.717, 1.165) is 23.5 Å². The van der Waals surface area contributed by atoms with E-state index in [-0.39, 0.29) is 5.56 Å². The Hall–Kier alpha value is -1.30. The number of hydrogen-bond donors (Lipinski definition) is 2. The summed E-state index contributed by atoms with van der Waals surface area (Å²) in [5, 5.41) is 4.46. The van der Waals surface area contributed by atoms with E-state index < -0.39 is 0 Å². The molecular weight excluding hydrogens is 282 g/mol. The number of nitrogens with zero attached hydrogens (tertiary/aromatic N) is 1. The van der Waals surface area contributed by atoms with E-state index in [1.165, 1.54) is 24.0 Å². The Kier molecular flexibility index (Phi) is 5.01. The first kappa shape index (κ1) is 14.1. The lowest BCUT2D eigenvalue weighted by molar-refractivity contribution is 0.718. The second-order valence-electron chi connectivity index (χ2n) is 3.85. The molecule has 0 radical (unpaired) electrons. The zero-order chi connectivity index (χ0) is 13.7. The monoisotopic (exact) mass is 295 g/mol. The summed E-state index contributed by atoms with van der Waals surface area (Å²) in [6.45, 7) is 3.67. The molecule has 0 amide bonds. The van der Waals surface area contributed by atoms with Crippen molar-refractivity contribution in [2.45, 2.75) is 23.5 Å². The van der Waals surface area contributed by atoms with Crippen LogP contribution in [0.1, 0.15) is 12.5 Å². The van der Waals surface area contributed by atoms with Gasteiger partial charge in [0.2, 0.25) is 0 Å². The minimum atomic E-state index is -0.169. The average Bonchev–Trinajstić information content (AvgIpc) is 2.39. The second-order valence-corrected chi connectivity index (χ2v) is 5.26. The molecular formula is C13H14ClN3OS. The maximum absolute atomic E-state index is 11.3. The van der Waals surface area contributed by atoms with Crippen molar-refractivity contribution in [2.75, 3.05) is 6.54 Å². The molecule has 0 aliphatic carbocycles. The van der Waals surface area contributed by atoms with Gasteiger partial charge in [-0.3, -0.25) is 4.79 Å². The average molecular weight is 296 g/mol. The second kappa shape index (κ2) is 6.75. The van der Waals surface area contributed by atoms with Crippen molar-refractivity contribution >= 4 is 23.4 Å². The first-order chi connectivity index (χ1) is 9.20. The predicted molar refractivity (Wildman–Crippen MR) is 77.8 cm³/mol. The fourth-order valence-electron chi connectivity index (χ4n) is 1.57. The van der Waals surface area contributed by atoms with Gasteiger partial charge in [0.05, 0.1) is 5.02 Å². The van der Waals surface area contributed by atoms with Crippen LogP contribution >= 0.6 is 23.4 Å². The number of H-pyrrole nitrogens is 1. The number of nitrogens with one attached hydrogen (secondary N) is 2. The summed E-state index contributed by atoms with van der Waals surface area (Å²) in [4.78, 5) is 19.0. The van der Waals surface area contributed by atoms with Crippen LogP contribution < -0.4 is 10.9 Å². The van der Waals surface area contributed by atoms with Gasteiger partial charge in [0, 0.05) is 23.7 Å². The molecule has 2 aromatic rings. The summed E-state index contributed by atoms with van der Waals surface area (Å²) in [7, 11) is 0. The van der Waals surface area contributed by atoms with Crippen LogP contribution in [0, 0.1) is 0 Å². The summed E-state index contributed by atoms with van der Waals surface area (Å²) in [6.07, 6.45) is 1.49. The lowest BCUT2D eigenvalue weighted by atomic mass is 10.2. The van der Waals surface area contributed by atoms with Crippen molar-refractivity contribution in [1.82, 2.24) is 15.3 Å². The van der Waals surface area contributed by atoms with Crippen molar-refractivity contribution in [3.05, 3.63) is 51.4 Å². The molecule has 0 aliphatic heterocycles. The van der Waals surface area contributed by atoms with E-state index in [1.54, 1.807) is 0 Å². The van der Waals surface area contributed by atoms with Crippen LogP contribution in [0.25, 0.3) is 0 Å². The minimum Gasteiger partial charge on any atom is -0.313 e. The van der Waals surface area contributed by atoms with Gasteiger partial charge in [-0.1, -0.05) is 30.7 Å². The summed E-state index contributed by atoms with van der Waals surface area (Å²) in [5.41, 5.74) is 0.920. The maximum atomic E-state index is 11.3. The van der Waals surface area contributed by atoms with E-state index in [1.807, 2.05) is 25.1 Å². The number of aromatic amines is 1. The Morgan fingerprint density at radius 2 is 2.26 bits per heavy atom. The predicted octanol–water partition coefficient (Wildman–Crippen LogP) is 2.68. The zero-order valence-electron chi connectivity index (χ0n) is 10.4. The molecule has 0 saturated carbocycles. The van der Waals surface area contributed by atoms with Crippen molar-refractivity contribution in [3.63, 3.8) is 0 Å². The van der Waals surface area contributed by atoms with Crippen LogP contribution in [0.15, 0.2) is 45.3 Å². The number of hydrogen-bond acceptors (Lipinski definition) is 4. The van der Waals surface area contributed by atoms with Gasteiger partial charge in [0.1, 0.15) is 0 Å². The van der Waals surface area contributed by atoms with E-state index in [9.17, 15) is 4.79 Å². The smallest absolute Gasteiger partial charge is 0.251 e. The first-order valence-corrected chi connectivity index (χ1v) is 7.11. The normalized spacial score (nSPS) is 10.6. The molecule has 2 N–H and O–H groups in total. The van der Waals surface area contributed by atoms with Gasteiger partial charge in [-0.2, -0.15) is 0 Å². The molecule has 0 spiro atoms. The summed E-state index contributed by atoms with van der Waals surface area (Å²) < 4.78 is 0. The number of rotatable bonds is 5. The lowest BCUT2D eigenvalue weighted by Gasteiger charge is -2.10. The molecule has 6 heteroatoms. The third-order valence-corrected chi connectivity index (χ3v) is 3.97. The van der Waals surface area contributed by atoms with E-state index >= 15 is 0 Å². The van der Waals surface area contributed by atoms with Crippen LogP contribution in [0.3, 0.4) is 0 Å². The number of benzene rings is 1. The maximum Gasteiger partial charge on any atom is 0.251 e. The third-order valence-electron chi connectivity index (χ3n) is 2.46. The Bertz CT molecular complexity index is 615. The molecule has 1 aromatic heterocycles. The van der Waals surface area contributed by atoms with Gasteiger partial charge in [-0.25, -0.2) is 4.98 Å². The van der Waals surface area contributed by atoms with Gasteiger partial charge in [-0.15, -0.1) is 0 Å². The Balaban J connectivity index is 2.30. The van der Waals surface area contributed by atoms with Crippen molar-refractivity contribution in [3.8, 4) is 0 Å². The van der Waals surface area contributed by atoms with Crippen molar-refractivity contribution in [2.24, 2.45) is 0 Å². The topological polar surface area (TPSA) is 57.8 Å². The Labute approximate surface area is 120 Å². The van der Waals surface area contributed by atoms with Gasteiger partial charge < -0.3 is 10.3 Å². The Morgan fingerprint density at radius 3 is 3.00 bits per heavy atom. The molecule has 1 heterocycles. The minimum absolute atomic E-state index is 0.169. The number of aromatic nitrogens is 2. The SMILES string of the molecule is CCNCc1cccc(Cl)c1Sc1nccc(=O)[nH]1. The molecule has 0 bridgehead atoms. The summed E-state index contributed by atoms with van der Waals surface area (Å²) >= 11 is 7.60. The van der Waals surface area contributed by atoms with Gasteiger partial charge in [0.25, 0.3) is 5.56 Å². The highest BCUT2D eigenvalue weighted by atomic mass is 35.5. The van der Waals surface area contributed by atoms with Crippen LogP contribution in [0.4, 0.5) is 0 Å². The fraction of sp³-hybridized carbons (Fsp3) is 0.231. The highest BCUT2D eigenvalue weighted by Gasteiger charge is 2.09. The molecule has 1 aromatic carbocycles.